The van der Waals surface area contributed by atoms with E-state index in [2.05, 4.69) is 16.7 Å². The van der Waals surface area contributed by atoms with Crippen LogP contribution in [0.4, 0.5) is 4.79 Å². The van der Waals surface area contributed by atoms with Gasteiger partial charge in [0.25, 0.3) is 0 Å². The molecule has 4 rings (SSSR count). The predicted octanol–water partition coefficient (Wildman–Crippen LogP) is 2.80. The highest BCUT2D eigenvalue weighted by Gasteiger charge is 2.51. The monoisotopic (exact) mass is 275 g/mol. The molecule has 0 radical (unpaired) electrons. The van der Waals surface area contributed by atoms with E-state index in [-0.39, 0.29) is 11.6 Å². The number of hydrogen-bond acceptors (Lipinski definition) is 2. The summed E-state index contributed by atoms with van der Waals surface area (Å²) in [7, 11) is 0. The predicted molar refractivity (Wildman–Crippen MR) is 76.8 cm³/mol. The molecule has 4 heteroatoms. The van der Waals surface area contributed by atoms with Gasteiger partial charge in [0.2, 0.25) is 0 Å². The van der Waals surface area contributed by atoms with Gasteiger partial charge in [-0.15, -0.1) is 0 Å². The Morgan fingerprint density at radius 1 is 1.20 bits per heavy atom. The summed E-state index contributed by atoms with van der Waals surface area (Å²) in [5, 5.41) is 15.1. The zero-order valence-electron chi connectivity index (χ0n) is 12.5. The van der Waals surface area contributed by atoms with E-state index in [0.717, 1.165) is 37.0 Å². The quantitative estimate of drug-likeness (QED) is 0.831. The molecule has 0 aromatic rings. The van der Waals surface area contributed by atoms with Gasteiger partial charge in [-0.1, -0.05) is 0 Å². The summed E-state index contributed by atoms with van der Waals surface area (Å²) in [6, 6.07) is 2.13. The number of nitriles is 1. The summed E-state index contributed by atoms with van der Waals surface area (Å²) in [6.07, 6.45) is 7.62. The van der Waals surface area contributed by atoms with Crippen LogP contribution < -0.4 is 10.6 Å². The molecule has 20 heavy (non-hydrogen) atoms. The molecular weight excluding hydrogens is 250 g/mol. The lowest BCUT2D eigenvalue weighted by Crippen LogP contribution is -2.61. The first-order chi connectivity index (χ1) is 9.40. The molecule has 2 amide bonds. The maximum atomic E-state index is 12.2. The van der Waals surface area contributed by atoms with Gasteiger partial charge in [-0.2, -0.15) is 5.26 Å². The Morgan fingerprint density at radius 2 is 1.70 bits per heavy atom. The number of hydrogen-bond donors (Lipinski definition) is 2. The SMILES string of the molecule is CC(C)(C#N)CNC(=O)NC12CC3CC(CC(C3)C1)C2. The van der Waals surface area contributed by atoms with E-state index < -0.39 is 5.41 Å². The van der Waals surface area contributed by atoms with Gasteiger partial charge in [-0.25, -0.2) is 4.79 Å². The van der Waals surface area contributed by atoms with Crippen molar-refractivity contribution in [2.75, 3.05) is 6.54 Å². The van der Waals surface area contributed by atoms with Gasteiger partial charge in [0.1, 0.15) is 0 Å². The molecule has 0 aliphatic heterocycles. The largest absolute Gasteiger partial charge is 0.337 e. The molecule has 0 aromatic heterocycles. The second-order valence-electron chi connectivity index (χ2n) is 8.00. The number of carbonyl (C=O) groups is 1. The van der Waals surface area contributed by atoms with Crippen LogP contribution in [0.2, 0.25) is 0 Å². The number of urea groups is 1. The van der Waals surface area contributed by atoms with Gasteiger partial charge < -0.3 is 10.6 Å². The maximum absolute atomic E-state index is 12.2. The Hall–Kier alpha value is -1.24. The molecule has 110 valence electrons. The van der Waals surface area contributed by atoms with Crippen LogP contribution in [0.15, 0.2) is 0 Å². The average Bonchev–Trinajstić information content (AvgIpc) is 2.34. The normalized spacial score (nSPS) is 38.4. The van der Waals surface area contributed by atoms with E-state index >= 15 is 0 Å². The minimum Gasteiger partial charge on any atom is -0.337 e. The summed E-state index contributed by atoms with van der Waals surface area (Å²) in [5.74, 6) is 2.49. The van der Waals surface area contributed by atoms with Gasteiger partial charge in [-0.3, -0.25) is 0 Å². The Balaban J connectivity index is 1.58. The van der Waals surface area contributed by atoms with E-state index in [0.29, 0.717) is 6.54 Å². The Kier molecular flexibility index (Phi) is 3.19. The fourth-order valence-electron chi connectivity index (χ4n) is 4.89. The van der Waals surface area contributed by atoms with Crippen molar-refractivity contribution in [3.8, 4) is 6.07 Å². The van der Waals surface area contributed by atoms with E-state index in [1.165, 1.54) is 19.3 Å². The molecule has 0 spiro atoms. The second kappa shape index (κ2) is 4.65. The average molecular weight is 275 g/mol. The molecule has 0 saturated heterocycles. The number of nitrogens with zero attached hydrogens (tertiary/aromatic N) is 1. The maximum Gasteiger partial charge on any atom is 0.315 e. The number of carbonyl (C=O) groups excluding carboxylic acids is 1. The summed E-state index contributed by atoms with van der Waals surface area (Å²) in [4.78, 5) is 12.2. The van der Waals surface area contributed by atoms with Crippen molar-refractivity contribution < 1.29 is 4.79 Å². The molecule has 0 heterocycles. The van der Waals surface area contributed by atoms with Crippen LogP contribution in [-0.2, 0) is 0 Å². The third-order valence-corrected chi connectivity index (χ3v) is 5.41. The second-order valence-corrected chi connectivity index (χ2v) is 8.00. The topological polar surface area (TPSA) is 64.9 Å². The fraction of sp³-hybridized carbons (Fsp3) is 0.875. The van der Waals surface area contributed by atoms with Crippen molar-refractivity contribution in [2.45, 2.75) is 57.9 Å². The first-order valence-electron chi connectivity index (χ1n) is 7.87. The van der Waals surface area contributed by atoms with Gasteiger partial charge in [0.15, 0.2) is 0 Å². The van der Waals surface area contributed by atoms with Crippen LogP contribution in [0.1, 0.15) is 52.4 Å². The molecule has 0 unspecified atom stereocenters. The fourth-order valence-corrected chi connectivity index (χ4v) is 4.89. The highest BCUT2D eigenvalue weighted by molar-refractivity contribution is 5.75. The van der Waals surface area contributed by atoms with Crippen molar-refractivity contribution >= 4 is 6.03 Å². The van der Waals surface area contributed by atoms with Crippen molar-refractivity contribution in [1.29, 1.82) is 5.26 Å². The van der Waals surface area contributed by atoms with Crippen LogP contribution in [0.5, 0.6) is 0 Å². The van der Waals surface area contributed by atoms with Crippen LogP contribution in [0.25, 0.3) is 0 Å². The molecular formula is C16H25N3O. The molecule has 4 aliphatic carbocycles. The standard InChI is InChI=1S/C16H25N3O/c1-15(2,9-17)10-18-14(20)19-16-6-11-3-12(7-16)5-13(4-11)8-16/h11-13H,3-8,10H2,1-2H3,(H2,18,19,20). The Labute approximate surface area is 121 Å². The number of rotatable bonds is 3. The van der Waals surface area contributed by atoms with Crippen LogP contribution in [0.3, 0.4) is 0 Å². The van der Waals surface area contributed by atoms with Gasteiger partial charge in [-0.05, 0) is 70.1 Å². The molecule has 4 nitrogen and oxygen atoms in total. The van der Waals surface area contributed by atoms with E-state index in [1.54, 1.807) is 0 Å². The van der Waals surface area contributed by atoms with E-state index in [1.807, 2.05) is 13.8 Å². The lowest BCUT2D eigenvalue weighted by Gasteiger charge is -2.56. The molecule has 2 N–H and O–H groups in total. The molecule has 4 aliphatic rings. The van der Waals surface area contributed by atoms with Crippen LogP contribution >= 0.6 is 0 Å². The Bertz CT molecular complexity index is 414. The van der Waals surface area contributed by atoms with Gasteiger partial charge in [0.05, 0.1) is 11.5 Å². The molecule has 0 atom stereocenters. The summed E-state index contributed by atoms with van der Waals surface area (Å²) in [6.45, 7) is 4.09. The smallest absolute Gasteiger partial charge is 0.315 e. The Morgan fingerprint density at radius 3 is 2.15 bits per heavy atom. The lowest BCUT2D eigenvalue weighted by molar-refractivity contribution is -0.0135. The zero-order valence-corrected chi connectivity index (χ0v) is 12.5. The minimum atomic E-state index is -0.501. The lowest BCUT2D eigenvalue weighted by atomic mass is 9.53. The van der Waals surface area contributed by atoms with Crippen molar-refractivity contribution in [3.63, 3.8) is 0 Å². The number of amides is 2. The zero-order chi connectivity index (χ0) is 14.4. The van der Waals surface area contributed by atoms with E-state index in [4.69, 9.17) is 5.26 Å². The highest BCUT2D eigenvalue weighted by Crippen LogP contribution is 2.55. The molecule has 4 fully saturated rings. The third-order valence-electron chi connectivity index (χ3n) is 5.41. The van der Waals surface area contributed by atoms with Gasteiger partial charge >= 0.3 is 6.03 Å². The minimum absolute atomic E-state index is 0.0512. The summed E-state index contributed by atoms with van der Waals surface area (Å²) in [5.41, 5.74) is -0.450. The first kappa shape index (κ1) is 13.7. The highest BCUT2D eigenvalue weighted by atomic mass is 16.2. The van der Waals surface area contributed by atoms with Gasteiger partial charge in [0, 0.05) is 12.1 Å². The third kappa shape index (κ3) is 2.63. The van der Waals surface area contributed by atoms with Crippen LogP contribution in [0, 0.1) is 34.5 Å². The van der Waals surface area contributed by atoms with Crippen molar-refractivity contribution in [3.05, 3.63) is 0 Å². The van der Waals surface area contributed by atoms with Crippen molar-refractivity contribution in [2.24, 2.45) is 23.2 Å². The van der Waals surface area contributed by atoms with E-state index in [9.17, 15) is 4.79 Å². The first-order valence-corrected chi connectivity index (χ1v) is 7.87. The molecule has 4 bridgehead atoms. The van der Waals surface area contributed by atoms with Crippen LogP contribution in [-0.4, -0.2) is 18.1 Å². The number of nitrogens with one attached hydrogen (secondary N) is 2. The van der Waals surface area contributed by atoms with Crippen molar-refractivity contribution in [1.82, 2.24) is 10.6 Å². The summed E-state index contributed by atoms with van der Waals surface area (Å²) < 4.78 is 0. The summed E-state index contributed by atoms with van der Waals surface area (Å²) >= 11 is 0. The molecule has 4 saturated carbocycles. The molecule has 0 aromatic carbocycles.